The molecule has 18 heavy (non-hydrogen) atoms. The number of hydrogen-bond donors (Lipinski definition) is 0. The number of aliphatic imine (C=N–C) groups is 2. The van der Waals surface area contributed by atoms with Crippen molar-refractivity contribution in [3.05, 3.63) is 0 Å². The monoisotopic (exact) mass is 252 g/mol. The van der Waals surface area contributed by atoms with Crippen molar-refractivity contribution in [1.82, 2.24) is 0 Å². The van der Waals surface area contributed by atoms with Crippen LogP contribution < -0.4 is 0 Å². The molecule has 0 amide bonds. The molecule has 0 bridgehead atoms. The molecular formula is C14H24N2O2. The van der Waals surface area contributed by atoms with E-state index in [0.717, 1.165) is 11.8 Å². The summed E-state index contributed by atoms with van der Waals surface area (Å²) in [5.74, 6) is 1.51. The van der Waals surface area contributed by atoms with E-state index < -0.39 is 0 Å². The van der Waals surface area contributed by atoms with E-state index in [1.807, 2.05) is 0 Å². The van der Waals surface area contributed by atoms with Crippen molar-refractivity contribution in [3.8, 4) is 0 Å². The van der Waals surface area contributed by atoms with Gasteiger partial charge in [-0.2, -0.15) is 0 Å². The van der Waals surface area contributed by atoms with Gasteiger partial charge in [0.05, 0.1) is 12.1 Å². The zero-order chi connectivity index (χ0) is 13.6. The lowest BCUT2D eigenvalue weighted by molar-refractivity contribution is 0.222. The second-order valence-electron chi connectivity index (χ2n) is 6.85. The van der Waals surface area contributed by atoms with E-state index in [9.17, 15) is 0 Å². The Hall–Kier alpha value is -1.06. The van der Waals surface area contributed by atoms with Gasteiger partial charge < -0.3 is 9.47 Å². The fraction of sp³-hybridized carbons (Fsp3) is 0.857. The molecule has 2 rings (SSSR count). The fourth-order valence-electron chi connectivity index (χ4n) is 2.07. The molecule has 0 saturated heterocycles. The molecule has 4 heteroatoms. The predicted molar refractivity (Wildman–Crippen MR) is 73.3 cm³/mol. The Morgan fingerprint density at radius 1 is 0.944 bits per heavy atom. The predicted octanol–water partition coefficient (Wildman–Crippen LogP) is 2.67. The van der Waals surface area contributed by atoms with Crippen molar-refractivity contribution >= 4 is 11.8 Å². The van der Waals surface area contributed by atoms with Gasteiger partial charge in [-0.15, -0.1) is 0 Å². The Morgan fingerprint density at radius 3 is 1.94 bits per heavy atom. The van der Waals surface area contributed by atoms with Crippen molar-refractivity contribution in [2.45, 2.75) is 53.6 Å². The minimum Gasteiger partial charge on any atom is -0.478 e. The summed E-state index contributed by atoms with van der Waals surface area (Å²) in [5.41, 5.74) is -0.228. The van der Waals surface area contributed by atoms with E-state index in [-0.39, 0.29) is 22.9 Å². The maximum atomic E-state index is 5.79. The third kappa shape index (κ3) is 2.38. The summed E-state index contributed by atoms with van der Waals surface area (Å²) in [6.45, 7) is 14.1. The Bertz CT molecular complexity index is 391. The zero-order valence-electron chi connectivity index (χ0n) is 12.3. The Morgan fingerprint density at radius 2 is 1.50 bits per heavy atom. The molecule has 2 aliphatic rings. The van der Waals surface area contributed by atoms with E-state index in [4.69, 9.17) is 14.5 Å². The molecule has 0 aromatic carbocycles. The van der Waals surface area contributed by atoms with Gasteiger partial charge in [-0.05, 0) is 26.2 Å². The van der Waals surface area contributed by atoms with Crippen LogP contribution in [-0.2, 0) is 9.47 Å². The molecule has 4 nitrogen and oxygen atoms in total. The van der Waals surface area contributed by atoms with Crippen LogP contribution in [0.25, 0.3) is 0 Å². The van der Waals surface area contributed by atoms with Crippen molar-refractivity contribution < 1.29 is 9.47 Å². The summed E-state index contributed by atoms with van der Waals surface area (Å²) in [5, 5.41) is 0. The quantitative estimate of drug-likeness (QED) is 0.758. The first-order valence-electron chi connectivity index (χ1n) is 6.63. The zero-order valence-corrected chi connectivity index (χ0v) is 12.3. The molecule has 0 fully saturated rings. The minimum absolute atomic E-state index is 0.128. The van der Waals surface area contributed by atoms with Crippen LogP contribution in [0, 0.1) is 10.8 Å². The van der Waals surface area contributed by atoms with Crippen molar-refractivity contribution in [1.29, 1.82) is 0 Å². The van der Waals surface area contributed by atoms with Crippen LogP contribution >= 0.6 is 0 Å². The summed E-state index contributed by atoms with van der Waals surface area (Å²) < 4.78 is 11.4. The highest BCUT2D eigenvalue weighted by Gasteiger charge is 2.42. The second-order valence-corrected chi connectivity index (χ2v) is 6.85. The molecule has 0 N–H and O–H groups in total. The van der Waals surface area contributed by atoms with Crippen LogP contribution in [0.3, 0.4) is 0 Å². The number of ether oxygens (including phenoxy) is 2. The van der Waals surface area contributed by atoms with E-state index in [0.29, 0.717) is 13.2 Å². The molecule has 0 spiro atoms. The van der Waals surface area contributed by atoms with Gasteiger partial charge in [0.15, 0.2) is 11.8 Å². The maximum Gasteiger partial charge on any atom is 0.199 e. The lowest BCUT2D eigenvalue weighted by Gasteiger charge is -2.23. The lowest BCUT2D eigenvalue weighted by Crippen LogP contribution is -2.34. The van der Waals surface area contributed by atoms with E-state index in [1.165, 1.54) is 0 Å². The first-order valence-corrected chi connectivity index (χ1v) is 6.63. The maximum absolute atomic E-state index is 5.79. The van der Waals surface area contributed by atoms with E-state index in [2.05, 4.69) is 46.5 Å². The Kier molecular flexibility index (Phi) is 3.16. The molecule has 0 aromatic rings. The average Bonchev–Trinajstić information content (AvgIpc) is 2.83. The number of nitrogens with zero attached hydrogens (tertiary/aromatic N) is 2. The van der Waals surface area contributed by atoms with Gasteiger partial charge in [-0.1, -0.05) is 20.8 Å². The highest BCUT2D eigenvalue weighted by Crippen LogP contribution is 2.33. The summed E-state index contributed by atoms with van der Waals surface area (Å²) in [6, 6.07) is 0.450. The fourth-order valence-corrected chi connectivity index (χ4v) is 2.07. The summed E-state index contributed by atoms with van der Waals surface area (Å²) in [6.07, 6.45) is 0. The number of hydrogen-bond acceptors (Lipinski definition) is 4. The third-order valence-electron chi connectivity index (χ3n) is 3.52. The van der Waals surface area contributed by atoms with Gasteiger partial charge >= 0.3 is 0 Å². The molecule has 0 unspecified atom stereocenters. The molecule has 0 aliphatic carbocycles. The second kappa shape index (κ2) is 4.25. The molecule has 0 radical (unpaired) electrons. The van der Waals surface area contributed by atoms with Crippen LogP contribution in [-0.4, -0.2) is 37.1 Å². The van der Waals surface area contributed by atoms with Gasteiger partial charge in [0.2, 0.25) is 0 Å². The molecular weight excluding hydrogens is 228 g/mol. The highest BCUT2D eigenvalue weighted by molar-refractivity contribution is 6.05. The van der Waals surface area contributed by atoms with Crippen molar-refractivity contribution in [3.63, 3.8) is 0 Å². The smallest absolute Gasteiger partial charge is 0.199 e. The van der Waals surface area contributed by atoms with Crippen LogP contribution in [0.1, 0.15) is 41.5 Å². The first kappa shape index (κ1) is 13.4. The van der Waals surface area contributed by atoms with Crippen LogP contribution in [0.5, 0.6) is 0 Å². The highest BCUT2D eigenvalue weighted by atomic mass is 16.5. The van der Waals surface area contributed by atoms with Crippen molar-refractivity contribution in [2.24, 2.45) is 20.8 Å². The lowest BCUT2D eigenvalue weighted by atomic mass is 9.88. The molecule has 0 saturated carbocycles. The van der Waals surface area contributed by atoms with Crippen LogP contribution in [0.2, 0.25) is 0 Å². The van der Waals surface area contributed by atoms with Crippen molar-refractivity contribution in [2.75, 3.05) is 13.2 Å². The van der Waals surface area contributed by atoms with Gasteiger partial charge in [0, 0.05) is 0 Å². The SMILES string of the molecule is C[C@H]1COC(C(C)(C)C2=N[C@@H](C(C)(C)C)CO2)=N1. The molecule has 2 heterocycles. The normalized spacial score (nSPS) is 28.6. The summed E-state index contributed by atoms with van der Waals surface area (Å²) in [7, 11) is 0. The van der Waals surface area contributed by atoms with Gasteiger partial charge in [-0.25, -0.2) is 9.98 Å². The molecule has 2 aliphatic heterocycles. The third-order valence-corrected chi connectivity index (χ3v) is 3.52. The molecule has 2 atom stereocenters. The van der Waals surface area contributed by atoms with E-state index in [1.54, 1.807) is 0 Å². The van der Waals surface area contributed by atoms with Crippen LogP contribution in [0.15, 0.2) is 9.98 Å². The Labute approximate surface area is 109 Å². The number of rotatable bonds is 2. The van der Waals surface area contributed by atoms with Gasteiger partial charge in [0.25, 0.3) is 0 Å². The van der Waals surface area contributed by atoms with E-state index >= 15 is 0 Å². The Balaban J connectivity index is 2.19. The topological polar surface area (TPSA) is 43.2 Å². The molecule has 0 aromatic heterocycles. The van der Waals surface area contributed by atoms with Gasteiger partial charge in [-0.3, -0.25) is 0 Å². The van der Waals surface area contributed by atoms with Crippen LogP contribution in [0.4, 0.5) is 0 Å². The average molecular weight is 252 g/mol. The molecule has 102 valence electrons. The summed E-state index contributed by atoms with van der Waals surface area (Å²) in [4.78, 5) is 9.26. The minimum atomic E-state index is -0.356. The summed E-state index contributed by atoms with van der Waals surface area (Å²) >= 11 is 0. The standard InChI is InChI=1S/C14H24N2O2/c1-9-7-17-11(15-9)14(5,6)12-16-10(8-18-12)13(2,3)4/h9-10H,7-8H2,1-6H3/t9-,10+/m0/s1. The van der Waals surface area contributed by atoms with Gasteiger partial charge in [0.1, 0.15) is 18.6 Å². The largest absolute Gasteiger partial charge is 0.478 e. The first-order chi connectivity index (χ1) is 8.21.